The number of nitriles is 1. The minimum absolute atomic E-state index is 0.00670. The summed E-state index contributed by atoms with van der Waals surface area (Å²) in [5, 5.41) is 11.9. The number of nitrogens with zero attached hydrogens (tertiary/aromatic N) is 1. The van der Waals surface area contributed by atoms with Crippen LogP contribution >= 0.6 is 0 Å². The Labute approximate surface area is 140 Å². The molecule has 0 unspecified atom stereocenters. The van der Waals surface area contributed by atoms with Gasteiger partial charge in [0.25, 0.3) is 5.91 Å². The van der Waals surface area contributed by atoms with E-state index in [1.54, 1.807) is 30.3 Å². The molecule has 0 spiro atoms. The lowest BCUT2D eigenvalue weighted by Crippen LogP contribution is -2.23. The molecule has 0 bridgehead atoms. The molecule has 0 aliphatic carbocycles. The van der Waals surface area contributed by atoms with Crippen LogP contribution < -0.4 is 14.8 Å². The van der Waals surface area contributed by atoms with Crippen molar-refractivity contribution in [2.75, 3.05) is 13.7 Å². The first-order chi connectivity index (χ1) is 11.7. The van der Waals surface area contributed by atoms with Crippen LogP contribution in [0.4, 0.5) is 0 Å². The molecule has 2 aromatic rings. The van der Waals surface area contributed by atoms with E-state index in [1.807, 2.05) is 13.0 Å². The second-order valence-corrected chi connectivity index (χ2v) is 4.78. The number of carbonyl (C=O) groups is 1. The second-order valence-electron chi connectivity index (χ2n) is 4.78. The molecule has 0 radical (unpaired) electrons. The molecule has 1 N–H and O–H groups in total. The Morgan fingerprint density at radius 1 is 1.38 bits per heavy atom. The first kappa shape index (κ1) is 17.2. The van der Waals surface area contributed by atoms with E-state index in [0.717, 1.165) is 0 Å². The Morgan fingerprint density at radius 2 is 2.21 bits per heavy atom. The van der Waals surface area contributed by atoms with E-state index in [4.69, 9.17) is 13.9 Å². The van der Waals surface area contributed by atoms with Crippen LogP contribution in [0.1, 0.15) is 18.2 Å². The number of benzene rings is 1. The number of hydrogen-bond acceptors (Lipinski definition) is 5. The zero-order valence-corrected chi connectivity index (χ0v) is 13.5. The third kappa shape index (κ3) is 4.40. The molecule has 1 amide bonds. The topological polar surface area (TPSA) is 84.5 Å². The molecule has 0 fully saturated rings. The second kappa shape index (κ2) is 8.44. The van der Waals surface area contributed by atoms with E-state index in [1.165, 1.54) is 19.4 Å². The summed E-state index contributed by atoms with van der Waals surface area (Å²) in [6, 6.07) is 10.6. The average molecular weight is 326 g/mol. The molecule has 0 atom stereocenters. The Balaban J connectivity index is 2.14. The number of carbonyl (C=O) groups excluding carboxylic acids is 1. The van der Waals surface area contributed by atoms with Crippen molar-refractivity contribution in [1.29, 1.82) is 5.26 Å². The van der Waals surface area contributed by atoms with Gasteiger partial charge in [-0.05, 0) is 42.8 Å². The molecule has 1 aromatic heterocycles. The van der Waals surface area contributed by atoms with Gasteiger partial charge in [-0.15, -0.1) is 0 Å². The molecule has 6 heteroatoms. The van der Waals surface area contributed by atoms with Crippen molar-refractivity contribution in [3.63, 3.8) is 0 Å². The minimum atomic E-state index is -0.471. The van der Waals surface area contributed by atoms with Crippen LogP contribution in [0.5, 0.6) is 11.5 Å². The maximum atomic E-state index is 12.1. The van der Waals surface area contributed by atoms with Crippen molar-refractivity contribution >= 4 is 12.0 Å². The van der Waals surface area contributed by atoms with Gasteiger partial charge in [-0.25, -0.2) is 0 Å². The van der Waals surface area contributed by atoms with Crippen LogP contribution in [0, 0.1) is 11.3 Å². The van der Waals surface area contributed by atoms with Gasteiger partial charge >= 0.3 is 0 Å². The lowest BCUT2D eigenvalue weighted by Gasteiger charge is -2.09. The van der Waals surface area contributed by atoms with Crippen molar-refractivity contribution in [3.8, 4) is 17.6 Å². The van der Waals surface area contributed by atoms with Gasteiger partial charge in [0.1, 0.15) is 17.4 Å². The number of nitrogens with one attached hydrogen (secondary N) is 1. The fraction of sp³-hybridized carbons (Fsp3) is 0.222. The summed E-state index contributed by atoms with van der Waals surface area (Å²) in [6.45, 7) is 2.62. The van der Waals surface area contributed by atoms with E-state index in [0.29, 0.717) is 29.4 Å². The Morgan fingerprint density at radius 3 is 2.83 bits per heavy atom. The van der Waals surface area contributed by atoms with E-state index in [9.17, 15) is 10.1 Å². The standard InChI is InChI=1S/C18H18N2O4/c1-3-23-16-7-6-13(10-17(16)22-2)9-14(11-19)18(21)20-12-15-5-4-8-24-15/h4-10H,3,12H2,1-2H3,(H,20,21). The molecule has 0 saturated carbocycles. The highest BCUT2D eigenvalue weighted by Crippen LogP contribution is 2.28. The monoisotopic (exact) mass is 326 g/mol. The SMILES string of the molecule is CCOc1ccc(C=C(C#N)C(=O)NCc2ccco2)cc1OC. The fourth-order valence-electron chi connectivity index (χ4n) is 2.04. The van der Waals surface area contributed by atoms with Crippen LogP contribution in [-0.4, -0.2) is 19.6 Å². The zero-order valence-electron chi connectivity index (χ0n) is 13.5. The van der Waals surface area contributed by atoms with Crippen molar-refractivity contribution in [2.24, 2.45) is 0 Å². The quantitative estimate of drug-likeness (QED) is 0.624. The van der Waals surface area contributed by atoms with Gasteiger partial charge in [-0.3, -0.25) is 4.79 Å². The van der Waals surface area contributed by atoms with E-state index < -0.39 is 5.91 Å². The summed E-state index contributed by atoms with van der Waals surface area (Å²) in [7, 11) is 1.53. The van der Waals surface area contributed by atoms with Gasteiger partial charge in [0.2, 0.25) is 0 Å². The normalized spacial score (nSPS) is 10.8. The Hall–Kier alpha value is -3.20. The molecule has 2 rings (SSSR count). The van der Waals surface area contributed by atoms with Crippen LogP contribution in [0.25, 0.3) is 6.08 Å². The highest BCUT2D eigenvalue weighted by molar-refractivity contribution is 6.01. The summed E-state index contributed by atoms with van der Waals surface area (Å²) in [5.74, 6) is 1.29. The van der Waals surface area contributed by atoms with Crippen LogP contribution in [0.3, 0.4) is 0 Å². The summed E-state index contributed by atoms with van der Waals surface area (Å²) < 4.78 is 15.8. The molecule has 0 aliphatic heterocycles. The molecule has 1 aromatic carbocycles. The number of amides is 1. The summed E-state index contributed by atoms with van der Waals surface area (Å²) in [6.07, 6.45) is 3.02. The third-order valence-corrected chi connectivity index (χ3v) is 3.17. The summed E-state index contributed by atoms with van der Waals surface area (Å²) in [4.78, 5) is 12.1. The highest BCUT2D eigenvalue weighted by atomic mass is 16.5. The summed E-state index contributed by atoms with van der Waals surface area (Å²) in [5.41, 5.74) is 0.660. The van der Waals surface area contributed by atoms with Crippen LogP contribution in [0.2, 0.25) is 0 Å². The van der Waals surface area contributed by atoms with E-state index >= 15 is 0 Å². The number of rotatable bonds is 7. The molecule has 6 nitrogen and oxygen atoms in total. The predicted octanol–water partition coefficient (Wildman–Crippen LogP) is 2.91. The van der Waals surface area contributed by atoms with Gasteiger partial charge in [0.15, 0.2) is 11.5 Å². The molecule has 0 aliphatic rings. The van der Waals surface area contributed by atoms with Gasteiger partial charge in [-0.1, -0.05) is 6.07 Å². The minimum Gasteiger partial charge on any atom is -0.493 e. The van der Waals surface area contributed by atoms with Crippen LogP contribution in [-0.2, 0) is 11.3 Å². The maximum Gasteiger partial charge on any atom is 0.262 e. The summed E-state index contributed by atoms with van der Waals surface area (Å²) >= 11 is 0. The molecular formula is C18H18N2O4. The molecule has 124 valence electrons. The lowest BCUT2D eigenvalue weighted by molar-refractivity contribution is -0.117. The molecule has 24 heavy (non-hydrogen) atoms. The smallest absolute Gasteiger partial charge is 0.262 e. The van der Waals surface area contributed by atoms with E-state index in [-0.39, 0.29) is 12.1 Å². The zero-order chi connectivity index (χ0) is 17.4. The maximum absolute atomic E-state index is 12.1. The van der Waals surface area contributed by atoms with Gasteiger partial charge in [-0.2, -0.15) is 5.26 Å². The fourth-order valence-corrected chi connectivity index (χ4v) is 2.04. The predicted molar refractivity (Wildman–Crippen MR) is 88.3 cm³/mol. The Kier molecular flexibility index (Phi) is 6.03. The molecule has 1 heterocycles. The van der Waals surface area contributed by atoms with Crippen molar-refractivity contribution in [1.82, 2.24) is 5.32 Å². The third-order valence-electron chi connectivity index (χ3n) is 3.17. The van der Waals surface area contributed by atoms with Crippen molar-refractivity contribution < 1.29 is 18.7 Å². The first-order valence-corrected chi connectivity index (χ1v) is 7.41. The first-order valence-electron chi connectivity index (χ1n) is 7.41. The number of furan rings is 1. The van der Waals surface area contributed by atoms with Gasteiger partial charge in [0.05, 0.1) is 26.5 Å². The number of ether oxygens (including phenoxy) is 2. The van der Waals surface area contributed by atoms with Gasteiger partial charge < -0.3 is 19.2 Å². The number of hydrogen-bond donors (Lipinski definition) is 1. The van der Waals surface area contributed by atoms with Crippen molar-refractivity contribution in [2.45, 2.75) is 13.5 Å². The average Bonchev–Trinajstić information content (AvgIpc) is 3.12. The number of methoxy groups -OCH3 is 1. The Bertz CT molecular complexity index is 758. The van der Waals surface area contributed by atoms with Crippen LogP contribution in [0.15, 0.2) is 46.6 Å². The van der Waals surface area contributed by atoms with E-state index in [2.05, 4.69) is 5.32 Å². The lowest BCUT2D eigenvalue weighted by atomic mass is 10.1. The highest BCUT2D eigenvalue weighted by Gasteiger charge is 2.11. The van der Waals surface area contributed by atoms with Gasteiger partial charge in [0, 0.05) is 0 Å². The molecular weight excluding hydrogens is 308 g/mol. The largest absolute Gasteiger partial charge is 0.493 e. The molecule has 0 saturated heterocycles. The van der Waals surface area contributed by atoms with Crippen molar-refractivity contribution in [3.05, 3.63) is 53.5 Å².